The number of ether oxygens (including phenoxy) is 1. The molecule has 0 unspecified atom stereocenters. The van der Waals surface area contributed by atoms with Crippen molar-refractivity contribution in [1.29, 1.82) is 0 Å². The fourth-order valence-corrected chi connectivity index (χ4v) is 1.16. The first-order chi connectivity index (χ1) is 6.42. The van der Waals surface area contributed by atoms with Crippen molar-refractivity contribution in [3.8, 4) is 17.1 Å². The molecule has 0 fully saturated rings. The first-order valence-corrected chi connectivity index (χ1v) is 3.96. The predicted octanol–water partition coefficient (Wildman–Crippen LogP) is 2.35. The lowest BCUT2D eigenvalue weighted by atomic mass is 10.2. The van der Waals surface area contributed by atoms with Gasteiger partial charge in [0.05, 0.1) is 7.11 Å². The molecule has 0 saturated carbocycles. The second-order valence-electron chi connectivity index (χ2n) is 2.59. The normalized spacial score (nSPS) is 9.92. The van der Waals surface area contributed by atoms with E-state index in [2.05, 4.69) is 5.16 Å². The molecule has 3 nitrogen and oxygen atoms in total. The molecule has 0 aliphatic carbocycles. The minimum atomic E-state index is 0.659. The molecule has 1 heterocycles. The van der Waals surface area contributed by atoms with Crippen molar-refractivity contribution in [2.45, 2.75) is 0 Å². The van der Waals surface area contributed by atoms with Crippen molar-refractivity contribution in [2.75, 3.05) is 7.11 Å². The lowest BCUT2D eigenvalue weighted by Crippen LogP contribution is -1.82. The molecule has 0 bridgehead atoms. The smallest absolute Gasteiger partial charge is 0.208 e. The number of nitrogens with zero attached hydrogens (tertiary/aromatic N) is 1. The molecule has 2 rings (SSSR count). The first kappa shape index (κ1) is 7.86. The van der Waals surface area contributed by atoms with Crippen LogP contribution >= 0.6 is 0 Å². The Morgan fingerprint density at radius 1 is 1.23 bits per heavy atom. The van der Waals surface area contributed by atoms with Gasteiger partial charge in [0, 0.05) is 5.56 Å². The molecule has 3 heteroatoms. The van der Waals surface area contributed by atoms with Gasteiger partial charge in [-0.3, -0.25) is 0 Å². The molecule has 1 aromatic heterocycles. The van der Waals surface area contributed by atoms with Gasteiger partial charge in [0.2, 0.25) is 5.76 Å². The van der Waals surface area contributed by atoms with E-state index >= 15 is 0 Å². The molecule has 0 aliphatic rings. The fourth-order valence-electron chi connectivity index (χ4n) is 1.16. The number of rotatable bonds is 2. The summed E-state index contributed by atoms with van der Waals surface area (Å²) in [5, 5.41) is 3.67. The van der Waals surface area contributed by atoms with Crippen LogP contribution in [0.25, 0.3) is 11.3 Å². The largest absolute Gasteiger partial charge is 0.491 e. The van der Waals surface area contributed by atoms with Crippen LogP contribution in [-0.2, 0) is 0 Å². The maximum Gasteiger partial charge on any atom is 0.208 e. The lowest BCUT2D eigenvalue weighted by molar-refractivity contribution is 0.400. The molecule has 0 atom stereocenters. The topological polar surface area (TPSA) is 35.3 Å². The Balaban J connectivity index is 2.47. The van der Waals surface area contributed by atoms with Gasteiger partial charge in [0.1, 0.15) is 6.20 Å². The van der Waals surface area contributed by atoms with Gasteiger partial charge in [-0.2, -0.15) is 0 Å². The molecule has 13 heavy (non-hydrogen) atoms. The van der Waals surface area contributed by atoms with Gasteiger partial charge in [-0.25, -0.2) is 0 Å². The van der Waals surface area contributed by atoms with Crippen LogP contribution in [0.1, 0.15) is 0 Å². The number of hydrogen-bond donors (Lipinski definition) is 0. The molecule has 0 aliphatic heterocycles. The van der Waals surface area contributed by atoms with Crippen LogP contribution in [0.2, 0.25) is 0 Å². The quantitative estimate of drug-likeness (QED) is 0.702. The summed E-state index contributed by atoms with van der Waals surface area (Å²) in [6, 6.07) is 9.73. The zero-order chi connectivity index (χ0) is 9.10. The SMILES string of the molecule is COc1cnoc1-c1ccccc1. The van der Waals surface area contributed by atoms with Gasteiger partial charge in [-0.1, -0.05) is 35.5 Å². The van der Waals surface area contributed by atoms with Crippen LogP contribution in [0.15, 0.2) is 41.1 Å². The molecule has 0 saturated heterocycles. The average Bonchev–Trinajstić information content (AvgIpc) is 2.67. The molecule has 0 N–H and O–H groups in total. The highest BCUT2D eigenvalue weighted by molar-refractivity contribution is 5.63. The van der Waals surface area contributed by atoms with Crippen LogP contribution in [0, 0.1) is 0 Å². The zero-order valence-electron chi connectivity index (χ0n) is 7.23. The summed E-state index contributed by atoms with van der Waals surface area (Å²) >= 11 is 0. The van der Waals surface area contributed by atoms with E-state index in [-0.39, 0.29) is 0 Å². The standard InChI is InChI=1S/C10H9NO2/c1-12-9-7-11-13-10(9)8-5-3-2-4-6-8/h2-7H,1H3. The summed E-state index contributed by atoms with van der Waals surface area (Å²) in [4.78, 5) is 0. The second-order valence-corrected chi connectivity index (χ2v) is 2.59. The van der Waals surface area contributed by atoms with E-state index in [1.54, 1.807) is 13.3 Å². The van der Waals surface area contributed by atoms with Gasteiger partial charge in [-0.05, 0) is 0 Å². The molecule has 0 radical (unpaired) electrons. The van der Waals surface area contributed by atoms with Crippen molar-refractivity contribution in [3.63, 3.8) is 0 Å². The highest BCUT2D eigenvalue weighted by Crippen LogP contribution is 2.28. The molecule has 0 amide bonds. The van der Waals surface area contributed by atoms with Gasteiger partial charge in [0.25, 0.3) is 0 Å². The molecule has 66 valence electrons. The third-order valence-corrected chi connectivity index (χ3v) is 1.79. The predicted molar refractivity (Wildman–Crippen MR) is 48.5 cm³/mol. The Bertz CT molecular complexity index is 381. The first-order valence-electron chi connectivity index (χ1n) is 3.96. The maximum absolute atomic E-state index is 5.08. The Hall–Kier alpha value is -1.77. The molecule has 0 spiro atoms. The van der Waals surface area contributed by atoms with Crippen molar-refractivity contribution in [3.05, 3.63) is 36.5 Å². The summed E-state index contributed by atoms with van der Waals surface area (Å²) in [5.74, 6) is 1.33. The number of aromatic nitrogens is 1. The van der Waals surface area contributed by atoms with E-state index in [0.29, 0.717) is 11.5 Å². The van der Waals surface area contributed by atoms with Crippen molar-refractivity contribution in [2.24, 2.45) is 0 Å². The van der Waals surface area contributed by atoms with E-state index in [4.69, 9.17) is 9.26 Å². The summed E-state index contributed by atoms with van der Waals surface area (Å²) in [6.45, 7) is 0. The molecular formula is C10H9NO2. The van der Waals surface area contributed by atoms with Crippen molar-refractivity contribution < 1.29 is 9.26 Å². The van der Waals surface area contributed by atoms with E-state index in [0.717, 1.165) is 5.56 Å². The summed E-state index contributed by atoms with van der Waals surface area (Å²) < 4.78 is 10.2. The highest BCUT2D eigenvalue weighted by Gasteiger charge is 2.09. The fraction of sp³-hybridized carbons (Fsp3) is 0.100. The van der Waals surface area contributed by atoms with Crippen molar-refractivity contribution >= 4 is 0 Å². The maximum atomic E-state index is 5.08. The van der Waals surface area contributed by atoms with Gasteiger partial charge in [-0.15, -0.1) is 0 Å². The summed E-state index contributed by atoms with van der Waals surface area (Å²) in [5.41, 5.74) is 0.969. The van der Waals surface area contributed by atoms with E-state index < -0.39 is 0 Å². The summed E-state index contributed by atoms with van der Waals surface area (Å²) in [7, 11) is 1.60. The number of benzene rings is 1. The monoisotopic (exact) mass is 175 g/mol. The third-order valence-electron chi connectivity index (χ3n) is 1.79. The third kappa shape index (κ3) is 1.40. The van der Waals surface area contributed by atoms with Crippen LogP contribution in [-0.4, -0.2) is 12.3 Å². The number of hydrogen-bond acceptors (Lipinski definition) is 3. The van der Waals surface area contributed by atoms with Gasteiger partial charge >= 0.3 is 0 Å². The average molecular weight is 175 g/mol. The second kappa shape index (κ2) is 3.31. The van der Waals surface area contributed by atoms with E-state index in [1.807, 2.05) is 30.3 Å². The van der Waals surface area contributed by atoms with Crippen LogP contribution in [0.5, 0.6) is 5.75 Å². The summed E-state index contributed by atoms with van der Waals surface area (Å²) in [6.07, 6.45) is 1.56. The van der Waals surface area contributed by atoms with Crippen LogP contribution in [0.4, 0.5) is 0 Å². The Kier molecular flexibility index (Phi) is 2.00. The zero-order valence-corrected chi connectivity index (χ0v) is 7.23. The minimum Gasteiger partial charge on any atom is -0.491 e. The minimum absolute atomic E-state index is 0.659. The molecule has 2 aromatic rings. The molecule has 1 aromatic carbocycles. The lowest BCUT2D eigenvalue weighted by Gasteiger charge is -1.97. The highest BCUT2D eigenvalue weighted by atomic mass is 16.5. The van der Waals surface area contributed by atoms with E-state index in [9.17, 15) is 0 Å². The van der Waals surface area contributed by atoms with Gasteiger partial charge < -0.3 is 9.26 Å². The van der Waals surface area contributed by atoms with Gasteiger partial charge in [0.15, 0.2) is 5.75 Å². The molecular weight excluding hydrogens is 166 g/mol. The van der Waals surface area contributed by atoms with Crippen LogP contribution < -0.4 is 4.74 Å². The van der Waals surface area contributed by atoms with Crippen molar-refractivity contribution in [1.82, 2.24) is 5.16 Å². The Morgan fingerprint density at radius 3 is 2.69 bits per heavy atom. The number of methoxy groups -OCH3 is 1. The van der Waals surface area contributed by atoms with Crippen LogP contribution in [0.3, 0.4) is 0 Å². The Morgan fingerprint density at radius 2 is 2.00 bits per heavy atom. The van der Waals surface area contributed by atoms with E-state index in [1.165, 1.54) is 0 Å². The Labute approximate surface area is 75.9 Å².